The van der Waals surface area contributed by atoms with Gasteiger partial charge in [-0.2, -0.15) is 0 Å². The molecule has 0 saturated heterocycles. The average molecular weight is 306 g/mol. The first-order chi connectivity index (χ1) is 10.0. The van der Waals surface area contributed by atoms with Gasteiger partial charge in [-0.3, -0.25) is 0 Å². The van der Waals surface area contributed by atoms with Crippen LogP contribution in [0.15, 0.2) is 18.2 Å². The molecule has 2 rings (SSSR count). The van der Waals surface area contributed by atoms with Gasteiger partial charge in [-0.25, -0.2) is 9.78 Å². The highest BCUT2D eigenvalue weighted by atomic mass is 32.1. The number of benzene rings is 1. The highest BCUT2D eigenvalue weighted by Crippen LogP contribution is 2.19. The Morgan fingerprint density at radius 2 is 2.14 bits per heavy atom. The number of ether oxygens (including phenoxy) is 1. The summed E-state index contributed by atoms with van der Waals surface area (Å²) in [4.78, 5) is 15.6. The van der Waals surface area contributed by atoms with E-state index >= 15 is 0 Å². The minimum Gasteiger partial charge on any atom is -0.497 e. The topological polar surface area (TPSA) is 71.5 Å². The molecule has 0 spiro atoms. The molecule has 0 radical (unpaired) electrons. The summed E-state index contributed by atoms with van der Waals surface area (Å²) in [5.74, 6) is -0.0875. The minimum atomic E-state index is -0.917. The predicted octanol–water partition coefficient (Wildman–Crippen LogP) is 2.76. The van der Waals surface area contributed by atoms with Crippen molar-refractivity contribution in [2.45, 2.75) is 26.9 Å². The molecule has 1 aromatic heterocycles. The van der Waals surface area contributed by atoms with Crippen LogP contribution in [0.3, 0.4) is 0 Å². The Kier molecular flexibility index (Phi) is 4.93. The summed E-state index contributed by atoms with van der Waals surface area (Å²) in [6, 6.07) is 5.95. The van der Waals surface area contributed by atoms with Gasteiger partial charge in [-0.15, -0.1) is 11.3 Å². The second-order valence-corrected chi connectivity index (χ2v) is 5.81. The van der Waals surface area contributed by atoms with E-state index in [-0.39, 0.29) is 0 Å². The van der Waals surface area contributed by atoms with Crippen molar-refractivity contribution in [3.8, 4) is 5.75 Å². The minimum absolute atomic E-state index is 0.310. The van der Waals surface area contributed by atoms with Gasteiger partial charge in [0.25, 0.3) is 0 Å². The maximum absolute atomic E-state index is 11.0. The van der Waals surface area contributed by atoms with Gasteiger partial charge in [0, 0.05) is 13.1 Å². The molecule has 0 unspecified atom stereocenters. The van der Waals surface area contributed by atoms with E-state index in [9.17, 15) is 4.79 Å². The molecule has 112 valence electrons. The molecule has 0 saturated carbocycles. The number of nitrogens with one attached hydrogen (secondary N) is 1. The number of thiazole rings is 1. The fourth-order valence-electron chi connectivity index (χ4n) is 2.00. The Hall–Kier alpha value is -1.92. The normalized spacial score (nSPS) is 10.6. The Balaban J connectivity index is 1.98. The van der Waals surface area contributed by atoms with Crippen LogP contribution in [0.2, 0.25) is 0 Å². The van der Waals surface area contributed by atoms with Gasteiger partial charge in [0.05, 0.1) is 12.8 Å². The van der Waals surface area contributed by atoms with Crippen molar-refractivity contribution in [3.05, 3.63) is 44.9 Å². The quantitative estimate of drug-likeness (QED) is 0.858. The lowest BCUT2D eigenvalue weighted by Gasteiger charge is -2.09. The molecule has 0 aliphatic carbocycles. The van der Waals surface area contributed by atoms with Crippen molar-refractivity contribution < 1.29 is 14.6 Å². The molecule has 0 atom stereocenters. The Morgan fingerprint density at radius 3 is 2.76 bits per heavy atom. The van der Waals surface area contributed by atoms with E-state index in [2.05, 4.69) is 10.3 Å². The maximum Gasteiger partial charge on any atom is 0.347 e. The Labute approximate surface area is 127 Å². The van der Waals surface area contributed by atoms with Crippen molar-refractivity contribution in [3.63, 3.8) is 0 Å². The van der Waals surface area contributed by atoms with Gasteiger partial charge in [-0.05, 0) is 37.1 Å². The number of aromatic carboxylic acids is 1. The SMILES string of the molecule is COc1ccc(C)c(CNCc2nc(C)c(C(=O)O)s2)c1. The van der Waals surface area contributed by atoms with Crippen LogP contribution in [0, 0.1) is 13.8 Å². The van der Waals surface area contributed by atoms with Crippen LogP contribution in [-0.2, 0) is 13.1 Å². The number of aromatic nitrogens is 1. The number of carboxylic acid groups (broad SMARTS) is 1. The largest absolute Gasteiger partial charge is 0.497 e. The molecule has 0 bridgehead atoms. The summed E-state index contributed by atoms with van der Waals surface area (Å²) in [6.45, 7) is 5.00. The summed E-state index contributed by atoms with van der Waals surface area (Å²) >= 11 is 1.22. The van der Waals surface area contributed by atoms with Crippen LogP contribution < -0.4 is 10.1 Å². The highest BCUT2D eigenvalue weighted by Gasteiger charge is 2.13. The smallest absolute Gasteiger partial charge is 0.347 e. The summed E-state index contributed by atoms with van der Waals surface area (Å²) in [5.41, 5.74) is 2.91. The van der Waals surface area contributed by atoms with E-state index in [1.165, 1.54) is 16.9 Å². The van der Waals surface area contributed by atoms with Gasteiger partial charge < -0.3 is 15.2 Å². The summed E-state index contributed by atoms with van der Waals surface area (Å²) in [7, 11) is 1.65. The molecule has 2 aromatic rings. The standard InChI is InChI=1S/C15H18N2O3S/c1-9-4-5-12(20-3)6-11(9)7-16-8-13-17-10(2)14(21-13)15(18)19/h4-6,16H,7-8H2,1-3H3,(H,18,19). The fraction of sp³-hybridized carbons (Fsp3) is 0.333. The molecule has 6 heteroatoms. The van der Waals surface area contributed by atoms with Crippen LogP contribution in [0.4, 0.5) is 0 Å². The third-order valence-electron chi connectivity index (χ3n) is 3.18. The Bertz CT molecular complexity index is 652. The first kappa shape index (κ1) is 15.5. The van der Waals surface area contributed by atoms with Gasteiger partial charge in [-0.1, -0.05) is 6.07 Å². The number of rotatable bonds is 6. The number of methoxy groups -OCH3 is 1. The van der Waals surface area contributed by atoms with Crippen LogP contribution in [0.25, 0.3) is 0 Å². The molecule has 0 aliphatic heterocycles. The zero-order chi connectivity index (χ0) is 15.4. The molecular formula is C15H18N2O3S. The predicted molar refractivity (Wildman–Crippen MR) is 82.1 cm³/mol. The third kappa shape index (κ3) is 3.80. The number of hydrogen-bond acceptors (Lipinski definition) is 5. The lowest BCUT2D eigenvalue weighted by Crippen LogP contribution is -2.13. The van der Waals surface area contributed by atoms with E-state index in [0.29, 0.717) is 23.7 Å². The van der Waals surface area contributed by atoms with Gasteiger partial charge in [0.15, 0.2) is 0 Å². The third-order valence-corrected chi connectivity index (χ3v) is 4.33. The van der Waals surface area contributed by atoms with E-state index in [1.807, 2.05) is 25.1 Å². The van der Waals surface area contributed by atoms with Crippen molar-refractivity contribution in [2.24, 2.45) is 0 Å². The summed E-state index contributed by atoms with van der Waals surface area (Å²) < 4.78 is 5.22. The second kappa shape index (κ2) is 6.69. The zero-order valence-corrected chi connectivity index (χ0v) is 13.1. The second-order valence-electron chi connectivity index (χ2n) is 4.72. The van der Waals surface area contributed by atoms with Crippen LogP contribution in [-0.4, -0.2) is 23.2 Å². The Morgan fingerprint density at radius 1 is 1.38 bits per heavy atom. The van der Waals surface area contributed by atoms with Gasteiger partial charge in [0.2, 0.25) is 0 Å². The number of aryl methyl sites for hydroxylation is 2. The summed E-state index contributed by atoms with van der Waals surface area (Å²) in [5, 5.41) is 13.1. The molecule has 2 N–H and O–H groups in total. The van der Waals surface area contributed by atoms with Crippen LogP contribution in [0.5, 0.6) is 5.75 Å². The lowest BCUT2D eigenvalue weighted by atomic mass is 10.1. The van der Waals surface area contributed by atoms with Crippen molar-refractivity contribution >= 4 is 17.3 Å². The number of carbonyl (C=O) groups is 1. The monoisotopic (exact) mass is 306 g/mol. The zero-order valence-electron chi connectivity index (χ0n) is 12.3. The first-order valence-corrected chi connectivity index (χ1v) is 7.36. The molecular weight excluding hydrogens is 288 g/mol. The van der Waals surface area contributed by atoms with E-state index in [0.717, 1.165) is 16.3 Å². The molecule has 1 aromatic carbocycles. The van der Waals surface area contributed by atoms with E-state index in [1.54, 1.807) is 14.0 Å². The van der Waals surface area contributed by atoms with Gasteiger partial charge >= 0.3 is 5.97 Å². The molecule has 5 nitrogen and oxygen atoms in total. The van der Waals surface area contributed by atoms with Gasteiger partial charge in [0.1, 0.15) is 15.6 Å². The number of nitrogens with zero attached hydrogens (tertiary/aromatic N) is 1. The van der Waals surface area contributed by atoms with E-state index < -0.39 is 5.97 Å². The molecule has 0 amide bonds. The molecule has 0 fully saturated rings. The number of carboxylic acids is 1. The highest BCUT2D eigenvalue weighted by molar-refractivity contribution is 7.13. The number of hydrogen-bond donors (Lipinski definition) is 2. The fourth-order valence-corrected chi connectivity index (χ4v) is 2.87. The lowest BCUT2D eigenvalue weighted by molar-refractivity contribution is 0.0701. The van der Waals surface area contributed by atoms with Crippen LogP contribution >= 0.6 is 11.3 Å². The maximum atomic E-state index is 11.0. The van der Waals surface area contributed by atoms with Crippen LogP contribution in [0.1, 0.15) is 31.5 Å². The summed E-state index contributed by atoms with van der Waals surface area (Å²) in [6.07, 6.45) is 0. The molecule has 0 aliphatic rings. The molecule has 1 heterocycles. The first-order valence-electron chi connectivity index (χ1n) is 6.55. The van der Waals surface area contributed by atoms with Crippen molar-refractivity contribution in [1.29, 1.82) is 0 Å². The molecule has 21 heavy (non-hydrogen) atoms. The van der Waals surface area contributed by atoms with Crippen molar-refractivity contribution in [1.82, 2.24) is 10.3 Å². The average Bonchev–Trinajstić information content (AvgIpc) is 2.82. The van der Waals surface area contributed by atoms with Crippen molar-refractivity contribution in [2.75, 3.05) is 7.11 Å². The van der Waals surface area contributed by atoms with E-state index in [4.69, 9.17) is 9.84 Å².